The van der Waals surface area contributed by atoms with Gasteiger partial charge in [0.15, 0.2) is 6.10 Å². The first-order valence-corrected chi connectivity index (χ1v) is 8.06. The quantitative estimate of drug-likeness (QED) is 0.614. The number of halogens is 4. The van der Waals surface area contributed by atoms with Crippen LogP contribution in [0.25, 0.3) is 0 Å². The molecule has 8 heteroatoms. The van der Waals surface area contributed by atoms with E-state index in [9.17, 15) is 18.0 Å². The van der Waals surface area contributed by atoms with E-state index in [0.717, 1.165) is 12.1 Å². The summed E-state index contributed by atoms with van der Waals surface area (Å²) >= 11 is 5.63. The van der Waals surface area contributed by atoms with Crippen LogP contribution < -0.4 is 9.47 Å². The van der Waals surface area contributed by atoms with Gasteiger partial charge in [0.2, 0.25) is 0 Å². The summed E-state index contributed by atoms with van der Waals surface area (Å²) in [4.78, 5) is 11.5. The number of rotatable bonds is 6. The van der Waals surface area contributed by atoms with Crippen LogP contribution in [-0.4, -0.2) is 18.7 Å². The second kappa shape index (κ2) is 8.31. The SMILES string of the molecule is CCOC(=O)C(C)Oc1ccc(Oc2ccc(Cl)cc2C(F)(F)F)cc1. The van der Waals surface area contributed by atoms with Gasteiger partial charge < -0.3 is 14.2 Å². The number of carbonyl (C=O) groups excluding carboxylic acids is 1. The Balaban J connectivity index is 2.12. The van der Waals surface area contributed by atoms with E-state index < -0.39 is 23.8 Å². The maximum Gasteiger partial charge on any atom is 0.420 e. The highest BCUT2D eigenvalue weighted by Gasteiger charge is 2.34. The largest absolute Gasteiger partial charge is 0.479 e. The third kappa shape index (κ3) is 5.29. The summed E-state index contributed by atoms with van der Waals surface area (Å²) in [5.74, 6) is -0.349. The summed E-state index contributed by atoms with van der Waals surface area (Å²) in [6.07, 6.45) is -5.41. The molecule has 2 aromatic carbocycles. The molecule has 1 unspecified atom stereocenters. The first kappa shape index (κ1) is 19.9. The van der Waals surface area contributed by atoms with Crippen molar-refractivity contribution in [3.63, 3.8) is 0 Å². The van der Waals surface area contributed by atoms with Crippen LogP contribution in [0.15, 0.2) is 42.5 Å². The topological polar surface area (TPSA) is 44.8 Å². The van der Waals surface area contributed by atoms with Crippen molar-refractivity contribution in [3.05, 3.63) is 53.1 Å². The fourth-order valence-corrected chi connectivity index (χ4v) is 2.21. The van der Waals surface area contributed by atoms with Crippen molar-refractivity contribution in [2.75, 3.05) is 6.61 Å². The third-order valence-electron chi connectivity index (χ3n) is 3.23. The second-order valence-electron chi connectivity index (χ2n) is 5.22. The van der Waals surface area contributed by atoms with E-state index in [4.69, 9.17) is 25.8 Å². The van der Waals surface area contributed by atoms with Crippen LogP contribution in [0.3, 0.4) is 0 Å². The molecule has 0 amide bonds. The minimum atomic E-state index is -4.60. The summed E-state index contributed by atoms with van der Waals surface area (Å²) < 4.78 is 54.8. The fraction of sp³-hybridized carbons (Fsp3) is 0.278. The molecular formula is C18H16ClF3O4. The maximum absolute atomic E-state index is 13.1. The lowest BCUT2D eigenvalue weighted by atomic mass is 10.2. The fourth-order valence-electron chi connectivity index (χ4n) is 2.04. The van der Waals surface area contributed by atoms with E-state index in [1.807, 2.05) is 0 Å². The van der Waals surface area contributed by atoms with Crippen LogP contribution >= 0.6 is 11.6 Å². The molecule has 2 aromatic rings. The van der Waals surface area contributed by atoms with Crippen LogP contribution in [0.4, 0.5) is 13.2 Å². The Bertz CT molecular complexity index is 760. The minimum Gasteiger partial charge on any atom is -0.479 e. The summed E-state index contributed by atoms with van der Waals surface area (Å²) in [5, 5.41) is -0.0404. The molecular weight excluding hydrogens is 373 g/mol. The Labute approximate surface area is 153 Å². The average molecular weight is 389 g/mol. The molecule has 0 bridgehead atoms. The number of alkyl halides is 3. The van der Waals surface area contributed by atoms with Gasteiger partial charge in [-0.2, -0.15) is 13.2 Å². The Hall–Kier alpha value is -2.41. The van der Waals surface area contributed by atoms with E-state index >= 15 is 0 Å². The lowest BCUT2D eigenvalue weighted by Gasteiger charge is -2.15. The molecule has 26 heavy (non-hydrogen) atoms. The zero-order chi connectivity index (χ0) is 19.3. The molecule has 0 heterocycles. The number of ether oxygens (including phenoxy) is 3. The second-order valence-corrected chi connectivity index (χ2v) is 5.66. The highest BCUT2D eigenvalue weighted by molar-refractivity contribution is 6.30. The molecule has 2 rings (SSSR count). The van der Waals surface area contributed by atoms with Crippen molar-refractivity contribution in [1.82, 2.24) is 0 Å². The minimum absolute atomic E-state index is 0.0404. The molecule has 0 aromatic heterocycles. The predicted octanol–water partition coefficient (Wildman–Crippen LogP) is 5.48. The van der Waals surface area contributed by atoms with Crippen molar-refractivity contribution in [2.24, 2.45) is 0 Å². The van der Waals surface area contributed by atoms with Crippen molar-refractivity contribution in [3.8, 4) is 17.2 Å². The molecule has 4 nitrogen and oxygen atoms in total. The van der Waals surface area contributed by atoms with Gasteiger partial charge >= 0.3 is 12.1 Å². The van der Waals surface area contributed by atoms with Crippen molar-refractivity contribution in [1.29, 1.82) is 0 Å². The zero-order valence-corrected chi connectivity index (χ0v) is 14.7. The standard InChI is InChI=1S/C18H16ClF3O4/c1-3-24-17(23)11(2)25-13-5-7-14(8-6-13)26-16-9-4-12(19)10-15(16)18(20,21)22/h4-11H,3H2,1-2H3. The first-order valence-electron chi connectivity index (χ1n) is 7.68. The van der Waals surface area contributed by atoms with Crippen LogP contribution in [0.2, 0.25) is 5.02 Å². The summed E-state index contributed by atoms with van der Waals surface area (Å²) in [6.45, 7) is 3.45. The zero-order valence-electron chi connectivity index (χ0n) is 14.0. The molecule has 0 aliphatic heterocycles. The predicted molar refractivity (Wildman–Crippen MR) is 89.7 cm³/mol. The molecule has 0 spiro atoms. The monoisotopic (exact) mass is 388 g/mol. The van der Waals surface area contributed by atoms with Gasteiger partial charge in [0.05, 0.1) is 12.2 Å². The van der Waals surface area contributed by atoms with Gasteiger partial charge in [0.1, 0.15) is 17.2 Å². The molecule has 0 aliphatic rings. The van der Waals surface area contributed by atoms with Crippen LogP contribution in [-0.2, 0) is 15.7 Å². The molecule has 140 valence electrons. The molecule has 1 atom stereocenters. The van der Waals surface area contributed by atoms with Gasteiger partial charge in [0.25, 0.3) is 0 Å². The van der Waals surface area contributed by atoms with Gasteiger partial charge in [-0.1, -0.05) is 11.6 Å². The van der Waals surface area contributed by atoms with E-state index in [1.165, 1.54) is 37.3 Å². The Morgan fingerprint density at radius 2 is 1.73 bits per heavy atom. The van der Waals surface area contributed by atoms with Gasteiger partial charge in [-0.15, -0.1) is 0 Å². The Kier molecular flexibility index (Phi) is 6.37. The molecule has 0 saturated carbocycles. The van der Waals surface area contributed by atoms with E-state index in [-0.39, 0.29) is 23.1 Å². The number of benzene rings is 2. The average Bonchev–Trinajstić information content (AvgIpc) is 2.57. The first-order chi connectivity index (χ1) is 12.2. The summed E-state index contributed by atoms with van der Waals surface area (Å²) in [5.41, 5.74) is -0.971. The summed E-state index contributed by atoms with van der Waals surface area (Å²) in [6, 6.07) is 9.09. The smallest absolute Gasteiger partial charge is 0.420 e. The van der Waals surface area contributed by atoms with Gasteiger partial charge in [0, 0.05) is 5.02 Å². The Morgan fingerprint density at radius 1 is 1.12 bits per heavy atom. The molecule has 0 saturated heterocycles. The molecule has 0 radical (unpaired) electrons. The van der Waals surface area contributed by atoms with Crippen molar-refractivity contribution in [2.45, 2.75) is 26.1 Å². The summed E-state index contributed by atoms with van der Waals surface area (Å²) in [7, 11) is 0. The number of hydrogen-bond acceptors (Lipinski definition) is 4. The third-order valence-corrected chi connectivity index (χ3v) is 3.47. The van der Waals surface area contributed by atoms with Crippen LogP contribution in [0, 0.1) is 0 Å². The maximum atomic E-state index is 13.1. The van der Waals surface area contributed by atoms with Gasteiger partial charge in [-0.05, 0) is 56.3 Å². The van der Waals surface area contributed by atoms with Crippen molar-refractivity contribution < 1.29 is 32.2 Å². The van der Waals surface area contributed by atoms with E-state index in [1.54, 1.807) is 6.92 Å². The number of hydrogen-bond donors (Lipinski definition) is 0. The highest BCUT2D eigenvalue weighted by Crippen LogP contribution is 2.39. The highest BCUT2D eigenvalue weighted by atomic mass is 35.5. The molecule has 0 N–H and O–H groups in total. The molecule has 0 aliphatic carbocycles. The van der Waals surface area contributed by atoms with Gasteiger partial charge in [-0.3, -0.25) is 0 Å². The number of esters is 1. The normalized spacial score (nSPS) is 12.4. The van der Waals surface area contributed by atoms with Gasteiger partial charge in [-0.25, -0.2) is 4.79 Å². The Morgan fingerprint density at radius 3 is 2.31 bits per heavy atom. The number of carbonyl (C=O) groups is 1. The van der Waals surface area contributed by atoms with E-state index in [2.05, 4.69) is 0 Å². The van der Waals surface area contributed by atoms with Crippen LogP contribution in [0.5, 0.6) is 17.2 Å². The molecule has 0 fully saturated rings. The van der Waals surface area contributed by atoms with Crippen LogP contribution in [0.1, 0.15) is 19.4 Å². The van der Waals surface area contributed by atoms with E-state index in [0.29, 0.717) is 5.75 Å². The lowest BCUT2D eigenvalue weighted by molar-refractivity contribution is -0.150. The lowest BCUT2D eigenvalue weighted by Crippen LogP contribution is -2.25. The van der Waals surface area contributed by atoms with Crippen molar-refractivity contribution >= 4 is 17.6 Å².